The van der Waals surface area contributed by atoms with Gasteiger partial charge in [0, 0.05) is 27.7 Å². The lowest BCUT2D eigenvalue weighted by molar-refractivity contribution is 0.283. The molecule has 0 spiro atoms. The third-order valence-corrected chi connectivity index (χ3v) is 5.03. The summed E-state index contributed by atoms with van der Waals surface area (Å²) >= 11 is 0. The van der Waals surface area contributed by atoms with Gasteiger partial charge in [-0.3, -0.25) is 4.72 Å². The van der Waals surface area contributed by atoms with Crippen LogP contribution in [0.1, 0.15) is 5.56 Å². The zero-order valence-corrected chi connectivity index (χ0v) is 16.0. The maximum absolute atomic E-state index is 11.4. The number of nitrogens with one attached hydrogen (secondary N) is 2. The van der Waals surface area contributed by atoms with Gasteiger partial charge in [-0.2, -0.15) is 0 Å². The smallest absolute Gasteiger partial charge is 0.229 e. The number of sulfonamides is 1. The van der Waals surface area contributed by atoms with Gasteiger partial charge in [0.2, 0.25) is 10.0 Å². The van der Waals surface area contributed by atoms with E-state index >= 15 is 0 Å². The summed E-state index contributed by atoms with van der Waals surface area (Å²) in [5.41, 5.74) is 4.54. The molecule has 0 unspecified atom stereocenters. The summed E-state index contributed by atoms with van der Waals surface area (Å²) in [6.45, 7) is -0.0893. The molecule has 0 saturated carbocycles. The molecule has 0 atom stereocenters. The molecule has 7 heteroatoms. The Morgan fingerprint density at radius 3 is 2.29 bits per heavy atom. The van der Waals surface area contributed by atoms with Gasteiger partial charge in [-0.15, -0.1) is 0 Å². The molecular formula is C21H19N3O3S. The topological polar surface area (TPSA) is 91.3 Å². The van der Waals surface area contributed by atoms with Crippen molar-refractivity contribution in [2.45, 2.75) is 6.61 Å². The van der Waals surface area contributed by atoms with Gasteiger partial charge in [-0.25, -0.2) is 13.4 Å². The fraction of sp³-hybridized carbons (Fsp3) is 0.0952. The van der Waals surface area contributed by atoms with Crippen LogP contribution < -0.4 is 10.0 Å². The molecule has 0 aliphatic carbocycles. The van der Waals surface area contributed by atoms with Gasteiger partial charge in [0.1, 0.15) is 0 Å². The van der Waals surface area contributed by atoms with E-state index in [-0.39, 0.29) is 6.61 Å². The van der Waals surface area contributed by atoms with E-state index in [1.54, 1.807) is 12.1 Å². The monoisotopic (exact) mass is 393 g/mol. The molecule has 142 valence electrons. The third-order valence-electron chi connectivity index (χ3n) is 4.42. The summed E-state index contributed by atoms with van der Waals surface area (Å²) in [6, 6.07) is 20.6. The Morgan fingerprint density at radius 2 is 1.57 bits per heavy atom. The zero-order valence-electron chi connectivity index (χ0n) is 15.2. The predicted molar refractivity (Wildman–Crippen MR) is 113 cm³/mol. The first-order valence-corrected chi connectivity index (χ1v) is 10.6. The van der Waals surface area contributed by atoms with Crippen LogP contribution in [0.4, 0.5) is 17.1 Å². The molecule has 6 nitrogen and oxygen atoms in total. The normalized spacial score (nSPS) is 11.6. The van der Waals surface area contributed by atoms with Crippen molar-refractivity contribution in [1.29, 1.82) is 0 Å². The maximum Gasteiger partial charge on any atom is 0.229 e. The predicted octanol–water partition coefficient (Wildman–Crippen LogP) is 4.00. The molecule has 3 N–H and O–H groups in total. The second-order valence-electron chi connectivity index (χ2n) is 6.55. The molecule has 0 radical (unpaired) electrons. The Bertz CT molecular complexity index is 1270. The highest BCUT2D eigenvalue weighted by molar-refractivity contribution is 7.92. The van der Waals surface area contributed by atoms with E-state index in [9.17, 15) is 13.5 Å². The van der Waals surface area contributed by atoms with Crippen molar-refractivity contribution in [3.8, 4) is 0 Å². The lowest BCUT2D eigenvalue weighted by atomic mass is 10.0. The number of aromatic nitrogens is 1. The van der Waals surface area contributed by atoms with Gasteiger partial charge in [0.05, 0.1) is 29.6 Å². The van der Waals surface area contributed by atoms with Crippen molar-refractivity contribution < 1.29 is 13.5 Å². The Kier molecular flexibility index (Phi) is 4.62. The maximum atomic E-state index is 11.4. The number of pyridine rings is 1. The van der Waals surface area contributed by atoms with Crippen molar-refractivity contribution in [2.24, 2.45) is 0 Å². The van der Waals surface area contributed by atoms with Gasteiger partial charge in [-0.05, 0) is 30.3 Å². The average molecular weight is 393 g/mol. The van der Waals surface area contributed by atoms with E-state index < -0.39 is 10.0 Å². The van der Waals surface area contributed by atoms with E-state index in [0.29, 0.717) is 5.69 Å². The largest absolute Gasteiger partial charge is 0.392 e. The molecule has 1 aromatic heterocycles. The van der Waals surface area contributed by atoms with Gasteiger partial charge in [-0.1, -0.05) is 36.4 Å². The average Bonchev–Trinajstić information content (AvgIpc) is 2.67. The number of rotatable bonds is 5. The van der Waals surface area contributed by atoms with E-state index in [0.717, 1.165) is 45.0 Å². The molecule has 28 heavy (non-hydrogen) atoms. The number of hydrogen-bond acceptors (Lipinski definition) is 5. The molecule has 0 aliphatic rings. The van der Waals surface area contributed by atoms with Crippen LogP contribution in [0.3, 0.4) is 0 Å². The number of nitrogens with zero attached hydrogens (tertiary/aromatic N) is 1. The number of para-hydroxylation sites is 2. The van der Waals surface area contributed by atoms with Crippen LogP contribution >= 0.6 is 0 Å². The second kappa shape index (κ2) is 7.10. The number of aliphatic hydroxyl groups is 1. The summed E-state index contributed by atoms with van der Waals surface area (Å²) in [7, 11) is -3.32. The molecule has 4 aromatic rings. The van der Waals surface area contributed by atoms with Gasteiger partial charge in [0.25, 0.3) is 0 Å². The molecule has 0 amide bonds. The first kappa shape index (κ1) is 18.2. The summed E-state index contributed by atoms with van der Waals surface area (Å²) in [5, 5.41) is 15.0. The molecule has 4 rings (SSSR count). The highest BCUT2D eigenvalue weighted by Crippen LogP contribution is 2.34. The quantitative estimate of drug-likeness (QED) is 0.446. The van der Waals surface area contributed by atoms with Crippen LogP contribution in [0.2, 0.25) is 0 Å². The molecular weight excluding hydrogens is 374 g/mol. The number of benzene rings is 3. The number of fused-ring (bicyclic) bond motifs is 2. The summed E-state index contributed by atoms with van der Waals surface area (Å²) in [6.07, 6.45) is 1.12. The Labute approximate surface area is 162 Å². The van der Waals surface area contributed by atoms with E-state index in [1.165, 1.54) is 0 Å². The number of aliphatic hydroxyl groups excluding tert-OH is 1. The molecule has 0 bridgehead atoms. The lowest BCUT2D eigenvalue weighted by Gasteiger charge is -2.15. The second-order valence-corrected chi connectivity index (χ2v) is 8.30. The summed E-state index contributed by atoms with van der Waals surface area (Å²) < 4.78 is 25.2. The van der Waals surface area contributed by atoms with Crippen molar-refractivity contribution in [2.75, 3.05) is 16.3 Å². The minimum absolute atomic E-state index is 0.0893. The first-order valence-electron chi connectivity index (χ1n) is 8.71. The van der Waals surface area contributed by atoms with E-state index in [2.05, 4.69) is 10.0 Å². The molecule has 3 aromatic carbocycles. The standard InChI is InChI=1S/C21H19N3O3S/c1-28(26,27)24-16-11-9-15(10-12-16)22-21-17-6-2-3-8-19(17)23-20-14(13-25)5-4-7-18(20)21/h2-12,24-25H,13H2,1H3,(H,22,23). The molecule has 0 saturated heterocycles. The fourth-order valence-electron chi connectivity index (χ4n) is 3.22. The van der Waals surface area contributed by atoms with Crippen molar-refractivity contribution in [1.82, 2.24) is 4.98 Å². The third kappa shape index (κ3) is 3.62. The van der Waals surface area contributed by atoms with E-state index in [1.807, 2.05) is 54.6 Å². The van der Waals surface area contributed by atoms with Crippen molar-refractivity contribution >= 4 is 48.9 Å². The van der Waals surface area contributed by atoms with Crippen LogP contribution in [0.5, 0.6) is 0 Å². The summed E-state index contributed by atoms with van der Waals surface area (Å²) in [5.74, 6) is 0. The van der Waals surface area contributed by atoms with Crippen LogP contribution in [0.15, 0.2) is 66.7 Å². The van der Waals surface area contributed by atoms with Gasteiger partial charge >= 0.3 is 0 Å². The number of anilines is 3. The van der Waals surface area contributed by atoms with Crippen molar-refractivity contribution in [3.63, 3.8) is 0 Å². The van der Waals surface area contributed by atoms with Crippen LogP contribution in [-0.2, 0) is 16.6 Å². The minimum Gasteiger partial charge on any atom is -0.392 e. The molecule has 0 fully saturated rings. The lowest BCUT2D eigenvalue weighted by Crippen LogP contribution is -2.09. The van der Waals surface area contributed by atoms with Crippen LogP contribution in [0.25, 0.3) is 21.8 Å². The summed E-state index contributed by atoms with van der Waals surface area (Å²) in [4.78, 5) is 4.73. The Hall–Kier alpha value is -3.16. The minimum atomic E-state index is -3.32. The van der Waals surface area contributed by atoms with Gasteiger partial charge in [0.15, 0.2) is 0 Å². The van der Waals surface area contributed by atoms with Crippen molar-refractivity contribution in [3.05, 3.63) is 72.3 Å². The first-order chi connectivity index (χ1) is 13.4. The highest BCUT2D eigenvalue weighted by atomic mass is 32.2. The fourth-order valence-corrected chi connectivity index (χ4v) is 3.78. The molecule has 0 aliphatic heterocycles. The Balaban J connectivity index is 1.83. The molecule has 1 heterocycles. The van der Waals surface area contributed by atoms with Crippen LogP contribution in [-0.4, -0.2) is 24.8 Å². The SMILES string of the molecule is CS(=O)(=O)Nc1ccc(Nc2c3ccccc3nc3c(CO)cccc23)cc1. The highest BCUT2D eigenvalue weighted by Gasteiger charge is 2.12. The van der Waals surface area contributed by atoms with E-state index in [4.69, 9.17) is 4.98 Å². The van der Waals surface area contributed by atoms with Gasteiger partial charge < -0.3 is 10.4 Å². The zero-order chi connectivity index (χ0) is 19.7. The van der Waals surface area contributed by atoms with Crippen LogP contribution in [0, 0.1) is 0 Å². The Morgan fingerprint density at radius 1 is 0.893 bits per heavy atom. The number of hydrogen-bond donors (Lipinski definition) is 3.